The molecule has 4 rings (SSSR count). The van der Waals surface area contributed by atoms with Gasteiger partial charge in [-0.2, -0.15) is 0 Å². The molecular weight excluding hydrogens is 785 g/mol. The number of anilines is 2. The zero-order valence-corrected chi connectivity index (χ0v) is 35.9. The van der Waals surface area contributed by atoms with E-state index in [1.54, 1.807) is 90.1 Å². The van der Waals surface area contributed by atoms with Gasteiger partial charge in [0.25, 0.3) is 0 Å². The smallest absolute Gasteiger partial charge is 0.408 e. The maximum atomic E-state index is 13.7. The van der Waals surface area contributed by atoms with Crippen molar-refractivity contribution >= 4 is 68.9 Å². The summed E-state index contributed by atoms with van der Waals surface area (Å²) < 4.78 is 22.1. The molecule has 0 radical (unpaired) electrons. The number of carbonyl (C=O) groups excluding carboxylic acids is 6. The van der Waals surface area contributed by atoms with Gasteiger partial charge in [-0.1, -0.05) is 58.7 Å². The van der Waals surface area contributed by atoms with Gasteiger partial charge in [0.1, 0.15) is 35.5 Å². The van der Waals surface area contributed by atoms with Gasteiger partial charge in [-0.15, -0.1) is 0 Å². The maximum Gasteiger partial charge on any atom is 0.408 e. The molecule has 0 bridgehead atoms. The Balaban J connectivity index is 1.45. The van der Waals surface area contributed by atoms with Crippen LogP contribution in [0.2, 0.25) is 0 Å². The minimum atomic E-state index is -1.28. The van der Waals surface area contributed by atoms with Crippen molar-refractivity contribution in [3.05, 3.63) is 48.5 Å². The molecule has 0 spiro atoms. The highest BCUT2D eigenvalue weighted by Crippen LogP contribution is 2.43. The number of para-hydroxylation sites is 2. The highest BCUT2D eigenvalue weighted by Gasteiger charge is 2.31. The molecule has 318 valence electrons. The van der Waals surface area contributed by atoms with Gasteiger partial charge in [-0.05, 0) is 117 Å². The minimum Gasteiger partial charge on any atom is -0.462 e. The van der Waals surface area contributed by atoms with Crippen LogP contribution in [0.1, 0.15) is 119 Å². The molecule has 16 heteroatoms. The van der Waals surface area contributed by atoms with Gasteiger partial charge in [0.15, 0.2) is 0 Å². The average molecular weight is 843 g/mol. The molecule has 2 aliphatic rings. The molecule has 4 amide bonds. The summed E-state index contributed by atoms with van der Waals surface area (Å²) >= 11 is 0. The van der Waals surface area contributed by atoms with E-state index in [1.165, 1.54) is 21.6 Å². The van der Waals surface area contributed by atoms with Crippen molar-refractivity contribution in [2.75, 3.05) is 10.6 Å². The molecular formula is C42H58N4O10S2. The SMILES string of the molecule is CC(C)(C)OC(=O)NC(CC(=O)OC1CCCCC1)C(=O)Nc1ccccc1SSc1ccccc1NC(=O)C(CC(=O)OC1CCCCC1)NC(=O)OC(C)(C)C. The van der Waals surface area contributed by atoms with Gasteiger partial charge in [-0.25, -0.2) is 9.59 Å². The van der Waals surface area contributed by atoms with Crippen LogP contribution in [-0.2, 0) is 38.1 Å². The van der Waals surface area contributed by atoms with Crippen molar-refractivity contribution in [1.82, 2.24) is 10.6 Å². The summed E-state index contributed by atoms with van der Waals surface area (Å²) in [6.45, 7) is 10.2. The van der Waals surface area contributed by atoms with Crippen LogP contribution in [0.5, 0.6) is 0 Å². The highest BCUT2D eigenvalue weighted by molar-refractivity contribution is 8.76. The van der Waals surface area contributed by atoms with E-state index in [9.17, 15) is 28.8 Å². The van der Waals surface area contributed by atoms with Crippen molar-refractivity contribution in [2.24, 2.45) is 0 Å². The van der Waals surface area contributed by atoms with Crippen LogP contribution in [0.15, 0.2) is 58.3 Å². The van der Waals surface area contributed by atoms with E-state index >= 15 is 0 Å². The van der Waals surface area contributed by atoms with Crippen LogP contribution in [-0.4, -0.2) is 71.4 Å². The van der Waals surface area contributed by atoms with Crippen molar-refractivity contribution in [3.63, 3.8) is 0 Å². The second kappa shape index (κ2) is 22.1. The summed E-state index contributed by atoms with van der Waals surface area (Å²) in [6, 6.07) is 11.5. The molecule has 0 aromatic heterocycles. The quantitative estimate of drug-likeness (QED) is 0.0760. The Labute approximate surface area is 349 Å². The van der Waals surface area contributed by atoms with E-state index in [1.807, 2.05) is 0 Å². The Morgan fingerprint density at radius 3 is 1.26 bits per heavy atom. The Morgan fingerprint density at radius 2 is 0.914 bits per heavy atom. The summed E-state index contributed by atoms with van der Waals surface area (Å²) in [5, 5.41) is 10.8. The lowest BCUT2D eigenvalue weighted by molar-refractivity contribution is -0.152. The number of amides is 4. The number of carbonyl (C=O) groups is 6. The van der Waals surface area contributed by atoms with E-state index in [0.717, 1.165) is 64.2 Å². The number of hydrogen-bond acceptors (Lipinski definition) is 12. The molecule has 2 atom stereocenters. The Kier molecular flexibility index (Phi) is 17.6. The molecule has 2 fully saturated rings. The van der Waals surface area contributed by atoms with E-state index in [2.05, 4.69) is 21.3 Å². The molecule has 58 heavy (non-hydrogen) atoms. The van der Waals surface area contributed by atoms with Gasteiger partial charge >= 0.3 is 24.1 Å². The van der Waals surface area contributed by atoms with Gasteiger partial charge in [-0.3, -0.25) is 19.2 Å². The Morgan fingerprint density at radius 1 is 0.569 bits per heavy atom. The van der Waals surface area contributed by atoms with Crippen LogP contribution < -0.4 is 21.3 Å². The fraction of sp³-hybridized carbons (Fsp3) is 0.571. The van der Waals surface area contributed by atoms with Crippen LogP contribution in [0.4, 0.5) is 21.0 Å². The zero-order valence-electron chi connectivity index (χ0n) is 34.3. The minimum absolute atomic E-state index is 0.219. The van der Waals surface area contributed by atoms with Crippen LogP contribution in [0.25, 0.3) is 0 Å². The van der Waals surface area contributed by atoms with Gasteiger partial charge in [0, 0.05) is 9.79 Å². The number of nitrogens with one attached hydrogen (secondary N) is 4. The number of esters is 2. The van der Waals surface area contributed by atoms with Crippen LogP contribution in [0, 0.1) is 0 Å². The molecule has 2 aromatic carbocycles. The molecule has 0 saturated heterocycles. The number of ether oxygens (including phenoxy) is 4. The third kappa shape index (κ3) is 16.8. The van der Waals surface area contributed by atoms with E-state index in [-0.39, 0.29) is 25.0 Å². The number of rotatable bonds is 15. The van der Waals surface area contributed by atoms with Gasteiger partial charge in [0.2, 0.25) is 11.8 Å². The first-order valence-corrected chi connectivity index (χ1v) is 22.1. The fourth-order valence-corrected chi connectivity index (χ4v) is 8.58. The third-order valence-electron chi connectivity index (χ3n) is 8.97. The van der Waals surface area contributed by atoms with Gasteiger partial charge in [0.05, 0.1) is 24.2 Å². The first-order chi connectivity index (χ1) is 27.4. The predicted octanol–water partition coefficient (Wildman–Crippen LogP) is 8.68. The molecule has 2 aromatic rings. The van der Waals surface area contributed by atoms with E-state index in [0.29, 0.717) is 21.2 Å². The number of hydrogen-bond donors (Lipinski definition) is 4. The van der Waals surface area contributed by atoms with Crippen molar-refractivity contribution in [1.29, 1.82) is 0 Å². The molecule has 0 aliphatic heterocycles. The van der Waals surface area contributed by atoms with Crippen molar-refractivity contribution in [3.8, 4) is 0 Å². The lowest BCUT2D eigenvalue weighted by Crippen LogP contribution is -2.47. The van der Waals surface area contributed by atoms with E-state index < -0.39 is 59.2 Å². The maximum absolute atomic E-state index is 13.7. The topological polar surface area (TPSA) is 187 Å². The number of alkyl carbamates (subject to hydrolysis) is 2. The second-order valence-corrected chi connectivity index (χ2v) is 18.7. The predicted molar refractivity (Wildman–Crippen MR) is 223 cm³/mol. The number of benzene rings is 2. The molecule has 2 aliphatic carbocycles. The molecule has 4 N–H and O–H groups in total. The first-order valence-electron chi connectivity index (χ1n) is 20.0. The van der Waals surface area contributed by atoms with Gasteiger partial charge < -0.3 is 40.2 Å². The second-order valence-electron chi connectivity index (χ2n) is 16.4. The largest absolute Gasteiger partial charge is 0.462 e. The summed E-state index contributed by atoms with van der Waals surface area (Å²) in [5.74, 6) is -2.46. The van der Waals surface area contributed by atoms with Crippen molar-refractivity contribution in [2.45, 2.75) is 164 Å². The highest BCUT2D eigenvalue weighted by atomic mass is 33.1. The monoisotopic (exact) mass is 842 g/mol. The third-order valence-corrected chi connectivity index (χ3v) is 11.4. The average Bonchev–Trinajstić information content (AvgIpc) is 3.13. The normalized spacial score (nSPS) is 16.2. The molecule has 2 unspecified atom stereocenters. The Hall–Kier alpha value is -4.44. The lowest BCUT2D eigenvalue weighted by Gasteiger charge is -2.25. The van der Waals surface area contributed by atoms with Crippen molar-refractivity contribution < 1.29 is 47.7 Å². The van der Waals surface area contributed by atoms with Crippen LogP contribution in [0.3, 0.4) is 0 Å². The van der Waals surface area contributed by atoms with Crippen LogP contribution >= 0.6 is 21.6 Å². The fourth-order valence-electron chi connectivity index (χ4n) is 6.30. The Bertz CT molecular complexity index is 1610. The summed E-state index contributed by atoms with van der Waals surface area (Å²) in [7, 11) is 2.59. The first kappa shape index (κ1) is 46.3. The lowest BCUT2D eigenvalue weighted by atomic mass is 9.98. The van der Waals surface area contributed by atoms with E-state index in [4.69, 9.17) is 18.9 Å². The summed E-state index contributed by atoms with van der Waals surface area (Å²) in [5.41, 5.74) is -0.831. The zero-order chi connectivity index (χ0) is 42.3. The summed E-state index contributed by atoms with van der Waals surface area (Å²) in [6.07, 6.45) is 6.15. The standard InChI is InChI=1S/C42H58N4O10S2/c1-41(2,3)55-39(51)45-31(25-35(47)53-27-17-9-7-10-18-27)37(49)43-29-21-13-15-23-33(29)57-58-34-24-16-14-22-30(34)44-38(50)32(46-40(52)56-42(4,5)6)26-36(48)54-28-19-11-8-12-20-28/h13-16,21-24,27-28,31-32H,7-12,17-20,25-26H2,1-6H3,(H,43,49)(H,44,50)(H,45,51)(H,46,52). The molecule has 2 saturated carbocycles. The molecule has 14 nitrogen and oxygen atoms in total. The summed E-state index contributed by atoms with van der Waals surface area (Å²) in [4.78, 5) is 80.2. The molecule has 0 heterocycles.